The molecule has 0 amide bonds. The molecule has 1 heterocycles. The second-order valence-electron chi connectivity index (χ2n) is 6.15. The Balaban J connectivity index is 1.62. The molecule has 2 aromatic carbocycles. The summed E-state index contributed by atoms with van der Waals surface area (Å²) in [6.07, 6.45) is 5.63. The van der Waals surface area contributed by atoms with Crippen molar-refractivity contribution in [1.29, 1.82) is 0 Å². The Morgan fingerprint density at radius 1 is 1.04 bits per heavy atom. The van der Waals surface area contributed by atoms with Gasteiger partial charge < -0.3 is 15.0 Å². The van der Waals surface area contributed by atoms with Crippen LogP contribution >= 0.6 is 0 Å². The van der Waals surface area contributed by atoms with Gasteiger partial charge >= 0.3 is 0 Å². The minimum atomic E-state index is 0.602. The summed E-state index contributed by atoms with van der Waals surface area (Å²) >= 11 is 0. The number of unbranched alkanes of at least 4 members (excludes halogenated alkanes) is 1. The van der Waals surface area contributed by atoms with E-state index >= 15 is 0 Å². The Hall–Kier alpha value is -2.26. The zero-order valence-electron chi connectivity index (χ0n) is 14.3. The fourth-order valence-electron chi connectivity index (χ4n) is 2.84. The molecule has 1 aromatic heterocycles. The average molecular weight is 322 g/mol. The van der Waals surface area contributed by atoms with Gasteiger partial charge in [0.05, 0.1) is 0 Å². The van der Waals surface area contributed by atoms with Crippen LogP contribution in [-0.2, 0) is 13.0 Å². The normalized spacial score (nSPS) is 11.0. The maximum atomic E-state index is 5.95. The molecule has 3 rings (SSSR count). The van der Waals surface area contributed by atoms with E-state index in [0.717, 1.165) is 25.3 Å². The van der Waals surface area contributed by atoms with E-state index in [1.165, 1.54) is 34.9 Å². The third-order valence-corrected chi connectivity index (χ3v) is 4.27. The van der Waals surface area contributed by atoms with Crippen molar-refractivity contribution in [1.82, 2.24) is 10.3 Å². The highest BCUT2D eigenvalue weighted by atomic mass is 16.5. The molecule has 3 aromatic rings. The van der Waals surface area contributed by atoms with Gasteiger partial charge in [-0.1, -0.05) is 43.7 Å². The van der Waals surface area contributed by atoms with Crippen LogP contribution in [-0.4, -0.2) is 18.1 Å². The molecule has 0 spiro atoms. The second kappa shape index (κ2) is 8.55. The summed E-state index contributed by atoms with van der Waals surface area (Å²) in [4.78, 5) is 3.36. The van der Waals surface area contributed by atoms with E-state index in [1.807, 2.05) is 24.3 Å². The molecular weight excluding hydrogens is 296 g/mol. The highest BCUT2D eigenvalue weighted by Gasteiger charge is 2.05. The molecule has 0 aliphatic rings. The van der Waals surface area contributed by atoms with Crippen molar-refractivity contribution in [3.8, 4) is 5.75 Å². The molecule has 126 valence electrons. The van der Waals surface area contributed by atoms with Crippen LogP contribution in [0.15, 0.2) is 54.7 Å². The number of H-pyrrole nitrogens is 1. The number of benzene rings is 2. The van der Waals surface area contributed by atoms with Gasteiger partial charge in [0.2, 0.25) is 0 Å². The van der Waals surface area contributed by atoms with Crippen molar-refractivity contribution in [3.05, 3.63) is 65.9 Å². The highest BCUT2D eigenvalue weighted by molar-refractivity contribution is 5.84. The van der Waals surface area contributed by atoms with Crippen LogP contribution in [0.25, 0.3) is 10.9 Å². The molecule has 0 saturated carbocycles. The van der Waals surface area contributed by atoms with Crippen LogP contribution in [0.1, 0.15) is 30.9 Å². The third kappa shape index (κ3) is 4.39. The van der Waals surface area contributed by atoms with E-state index in [1.54, 1.807) is 0 Å². The van der Waals surface area contributed by atoms with Gasteiger partial charge in [0.25, 0.3) is 0 Å². The molecule has 0 bridgehead atoms. The zero-order chi connectivity index (χ0) is 16.6. The number of ether oxygens (including phenoxy) is 1. The van der Waals surface area contributed by atoms with E-state index < -0.39 is 0 Å². The van der Waals surface area contributed by atoms with E-state index in [2.05, 4.69) is 47.7 Å². The summed E-state index contributed by atoms with van der Waals surface area (Å²) in [6.45, 7) is 4.94. The van der Waals surface area contributed by atoms with Crippen LogP contribution in [0.2, 0.25) is 0 Å². The molecule has 0 saturated heterocycles. The van der Waals surface area contributed by atoms with Gasteiger partial charge in [-0.15, -0.1) is 0 Å². The predicted molar refractivity (Wildman–Crippen MR) is 101 cm³/mol. The maximum Gasteiger partial charge on any atom is 0.120 e. The topological polar surface area (TPSA) is 37.0 Å². The number of hydrogen-bond donors (Lipinski definition) is 2. The quantitative estimate of drug-likeness (QED) is 0.561. The first-order valence-electron chi connectivity index (χ1n) is 8.84. The van der Waals surface area contributed by atoms with Crippen LogP contribution < -0.4 is 10.1 Å². The molecule has 0 fully saturated rings. The van der Waals surface area contributed by atoms with Gasteiger partial charge in [-0.2, -0.15) is 0 Å². The fourth-order valence-corrected chi connectivity index (χ4v) is 2.84. The van der Waals surface area contributed by atoms with Crippen molar-refractivity contribution in [2.24, 2.45) is 0 Å². The smallest absolute Gasteiger partial charge is 0.120 e. The first-order chi connectivity index (χ1) is 11.9. The minimum absolute atomic E-state index is 0.602. The van der Waals surface area contributed by atoms with E-state index in [0.29, 0.717) is 6.61 Å². The fraction of sp³-hybridized carbons (Fsp3) is 0.333. The Kier molecular flexibility index (Phi) is 5.91. The van der Waals surface area contributed by atoms with Gasteiger partial charge in [-0.05, 0) is 55.3 Å². The van der Waals surface area contributed by atoms with Crippen LogP contribution in [0.5, 0.6) is 5.75 Å². The molecule has 0 radical (unpaired) electrons. The van der Waals surface area contributed by atoms with Gasteiger partial charge in [0.15, 0.2) is 0 Å². The summed E-state index contributed by atoms with van der Waals surface area (Å²) < 4.78 is 5.95. The average Bonchev–Trinajstić information content (AvgIpc) is 3.03. The molecule has 0 unspecified atom stereocenters. The minimum Gasteiger partial charge on any atom is -0.489 e. The van der Waals surface area contributed by atoms with Crippen molar-refractivity contribution in [2.75, 3.05) is 13.1 Å². The van der Waals surface area contributed by atoms with Crippen molar-refractivity contribution < 1.29 is 4.74 Å². The van der Waals surface area contributed by atoms with E-state index in [-0.39, 0.29) is 0 Å². The predicted octanol–water partition coefficient (Wildman–Crippen LogP) is 4.68. The standard InChI is InChI=1S/C21H26N2O/c1-2-3-12-22-13-11-18-15-23-21-10-9-19(14-20(18)21)24-16-17-7-5-4-6-8-17/h4-10,14-15,22-23H,2-3,11-13,16H2,1H3. The van der Waals surface area contributed by atoms with Gasteiger partial charge in [-0.3, -0.25) is 0 Å². The summed E-state index contributed by atoms with van der Waals surface area (Å²) in [7, 11) is 0. The largest absolute Gasteiger partial charge is 0.489 e. The molecule has 0 aliphatic carbocycles. The molecule has 3 nitrogen and oxygen atoms in total. The number of hydrogen-bond acceptors (Lipinski definition) is 2. The highest BCUT2D eigenvalue weighted by Crippen LogP contribution is 2.24. The van der Waals surface area contributed by atoms with E-state index in [9.17, 15) is 0 Å². The zero-order valence-corrected chi connectivity index (χ0v) is 14.3. The Bertz CT molecular complexity index is 749. The van der Waals surface area contributed by atoms with Gasteiger partial charge in [0.1, 0.15) is 12.4 Å². The Labute approximate surface area is 144 Å². The summed E-state index contributed by atoms with van der Waals surface area (Å²) in [5.74, 6) is 0.922. The number of nitrogens with one attached hydrogen (secondary N) is 2. The molecule has 3 heteroatoms. The molecule has 2 N–H and O–H groups in total. The molecule has 0 aliphatic heterocycles. The number of fused-ring (bicyclic) bond motifs is 1. The van der Waals surface area contributed by atoms with Crippen LogP contribution in [0, 0.1) is 0 Å². The Morgan fingerprint density at radius 3 is 2.75 bits per heavy atom. The van der Waals surface area contributed by atoms with Crippen LogP contribution in [0.3, 0.4) is 0 Å². The lowest BCUT2D eigenvalue weighted by atomic mass is 10.1. The lowest BCUT2D eigenvalue weighted by Crippen LogP contribution is -2.18. The summed E-state index contributed by atoms with van der Waals surface area (Å²) in [6, 6.07) is 16.6. The summed E-state index contributed by atoms with van der Waals surface area (Å²) in [5.41, 5.74) is 3.71. The molecule has 24 heavy (non-hydrogen) atoms. The van der Waals surface area contributed by atoms with Crippen molar-refractivity contribution in [2.45, 2.75) is 32.8 Å². The SMILES string of the molecule is CCCCNCCc1c[nH]c2ccc(OCc3ccccc3)cc12. The molecular formula is C21H26N2O. The number of aromatic nitrogens is 1. The first kappa shape index (κ1) is 16.6. The number of rotatable bonds is 9. The maximum absolute atomic E-state index is 5.95. The number of aromatic amines is 1. The first-order valence-corrected chi connectivity index (χ1v) is 8.84. The molecule has 0 atom stereocenters. The Morgan fingerprint density at radius 2 is 1.92 bits per heavy atom. The lowest BCUT2D eigenvalue weighted by Gasteiger charge is -2.07. The van der Waals surface area contributed by atoms with Crippen LogP contribution in [0.4, 0.5) is 0 Å². The summed E-state index contributed by atoms with van der Waals surface area (Å²) in [5, 5.41) is 4.77. The van der Waals surface area contributed by atoms with Gasteiger partial charge in [0, 0.05) is 17.1 Å². The van der Waals surface area contributed by atoms with E-state index in [4.69, 9.17) is 4.74 Å². The van der Waals surface area contributed by atoms with Crippen molar-refractivity contribution >= 4 is 10.9 Å². The lowest BCUT2D eigenvalue weighted by molar-refractivity contribution is 0.306. The third-order valence-electron chi connectivity index (χ3n) is 4.27. The second-order valence-corrected chi connectivity index (χ2v) is 6.15. The monoisotopic (exact) mass is 322 g/mol. The van der Waals surface area contributed by atoms with Crippen molar-refractivity contribution in [3.63, 3.8) is 0 Å². The van der Waals surface area contributed by atoms with Gasteiger partial charge in [-0.25, -0.2) is 0 Å².